The Morgan fingerprint density at radius 3 is 2.65 bits per heavy atom. The molecule has 0 saturated heterocycles. The first-order chi connectivity index (χ1) is 8.08. The molecule has 0 heterocycles. The smallest absolute Gasteiger partial charge is 0.123 e. The summed E-state index contributed by atoms with van der Waals surface area (Å²) in [7, 11) is -0.834. The first-order valence-electron chi connectivity index (χ1n) is 5.94. The molecule has 0 aliphatic rings. The van der Waals surface area contributed by atoms with E-state index in [0.717, 1.165) is 16.9 Å². The Kier molecular flexibility index (Phi) is 5.65. The fraction of sp³-hybridized carbons (Fsp3) is 0.538. The summed E-state index contributed by atoms with van der Waals surface area (Å²) >= 11 is 0. The largest absolute Gasteiger partial charge is 0.494 e. The van der Waals surface area contributed by atoms with E-state index >= 15 is 0 Å². The number of rotatable bonds is 6. The van der Waals surface area contributed by atoms with Gasteiger partial charge in [0.05, 0.1) is 12.4 Å². The van der Waals surface area contributed by atoms with Gasteiger partial charge in [-0.3, -0.25) is 4.21 Å². The Morgan fingerprint density at radius 1 is 1.41 bits per heavy atom. The van der Waals surface area contributed by atoms with Gasteiger partial charge in [0.1, 0.15) is 5.75 Å². The molecule has 0 radical (unpaired) electrons. The van der Waals surface area contributed by atoms with Crippen LogP contribution in [-0.2, 0) is 16.6 Å². The van der Waals surface area contributed by atoms with E-state index in [4.69, 9.17) is 10.5 Å². The second-order valence-corrected chi connectivity index (χ2v) is 5.71. The van der Waals surface area contributed by atoms with Gasteiger partial charge in [0.15, 0.2) is 0 Å². The lowest BCUT2D eigenvalue weighted by Gasteiger charge is -2.13. The molecule has 1 aromatic carbocycles. The quantitative estimate of drug-likeness (QED) is 0.849. The fourth-order valence-corrected chi connectivity index (χ4v) is 2.34. The molecule has 0 spiro atoms. The van der Waals surface area contributed by atoms with Crippen LogP contribution in [-0.4, -0.2) is 16.6 Å². The SMILES string of the molecule is CCOc1ccc(C(C)N)cc1CS(=O)CC. The van der Waals surface area contributed by atoms with Gasteiger partial charge in [-0.1, -0.05) is 13.0 Å². The van der Waals surface area contributed by atoms with E-state index < -0.39 is 10.8 Å². The predicted octanol–water partition coefficient (Wildman–Crippen LogP) is 2.37. The van der Waals surface area contributed by atoms with Crippen LogP contribution < -0.4 is 10.5 Å². The van der Waals surface area contributed by atoms with Gasteiger partial charge in [0.2, 0.25) is 0 Å². The average molecular weight is 255 g/mol. The number of hydrogen-bond donors (Lipinski definition) is 1. The van der Waals surface area contributed by atoms with Crippen LogP contribution in [0.15, 0.2) is 18.2 Å². The Balaban J connectivity index is 3.02. The Hall–Kier alpha value is -0.870. The summed E-state index contributed by atoms with van der Waals surface area (Å²) in [6.07, 6.45) is 0. The molecule has 0 saturated carbocycles. The minimum atomic E-state index is -0.834. The molecule has 3 nitrogen and oxygen atoms in total. The van der Waals surface area contributed by atoms with Crippen molar-refractivity contribution in [1.29, 1.82) is 0 Å². The van der Waals surface area contributed by atoms with E-state index in [1.54, 1.807) is 0 Å². The predicted molar refractivity (Wildman–Crippen MR) is 72.6 cm³/mol. The molecule has 2 atom stereocenters. The molecule has 17 heavy (non-hydrogen) atoms. The first kappa shape index (κ1) is 14.2. The third-order valence-electron chi connectivity index (χ3n) is 2.55. The van der Waals surface area contributed by atoms with Gasteiger partial charge in [0.25, 0.3) is 0 Å². The molecule has 1 aromatic rings. The van der Waals surface area contributed by atoms with Crippen LogP contribution in [0.3, 0.4) is 0 Å². The second kappa shape index (κ2) is 6.77. The van der Waals surface area contributed by atoms with Crippen molar-refractivity contribution in [3.63, 3.8) is 0 Å². The summed E-state index contributed by atoms with van der Waals surface area (Å²) in [5.41, 5.74) is 7.89. The van der Waals surface area contributed by atoms with Gasteiger partial charge >= 0.3 is 0 Å². The third-order valence-corrected chi connectivity index (χ3v) is 3.83. The molecule has 0 amide bonds. The molecule has 0 aliphatic carbocycles. The van der Waals surface area contributed by atoms with E-state index in [1.807, 2.05) is 39.0 Å². The average Bonchev–Trinajstić information content (AvgIpc) is 2.31. The Morgan fingerprint density at radius 2 is 2.12 bits per heavy atom. The first-order valence-corrected chi connectivity index (χ1v) is 7.43. The van der Waals surface area contributed by atoms with Gasteiger partial charge in [-0.2, -0.15) is 0 Å². The number of benzene rings is 1. The molecule has 0 aliphatic heterocycles. The summed E-state index contributed by atoms with van der Waals surface area (Å²) in [5.74, 6) is 2.01. The molecular formula is C13H21NO2S. The van der Waals surface area contributed by atoms with Gasteiger partial charge in [-0.05, 0) is 31.5 Å². The summed E-state index contributed by atoms with van der Waals surface area (Å²) in [4.78, 5) is 0. The maximum absolute atomic E-state index is 11.6. The maximum Gasteiger partial charge on any atom is 0.123 e. The van der Waals surface area contributed by atoms with E-state index in [2.05, 4.69) is 0 Å². The van der Waals surface area contributed by atoms with Crippen molar-refractivity contribution in [3.8, 4) is 5.75 Å². The fourth-order valence-electron chi connectivity index (χ4n) is 1.57. The number of ether oxygens (including phenoxy) is 1. The third kappa shape index (κ3) is 4.13. The van der Waals surface area contributed by atoms with E-state index in [0.29, 0.717) is 18.1 Å². The van der Waals surface area contributed by atoms with Crippen LogP contribution in [0.4, 0.5) is 0 Å². The summed E-state index contributed by atoms with van der Waals surface area (Å²) < 4.78 is 17.2. The zero-order valence-corrected chi connectivity index (χ0v) is 11.5. The molecule has 0 fully saturated rings. The van der Waals surface area contributed by atoms with E-state index in [9.17, 15) is 4.21 Å². The van der Waals surface area contributed by atoms with Crippen molar-refractivity contribution in [2.75, 3.05) is 12.4 Å². The number of hydrogen-bond acceptors (Lipinski definition) is 3. The molecule has 0 aromatic heterocycles. The topological polar surface area (TPSA) is 52.3 Å². The van der Waals surface area contributed by atoms with Crippen molar-refractivity contribution in [3.05, 3.63) is 29.3 Å². The van der Waals surface area contributed by atoms with Crippen molar-refractivity contribution in [2.24, 2.45) is 5.73 Å². The maximum atomic E-state index is 11.6. The highest BCUT2D eigenvalue weighted by Gasteiger charge is 2.09. The van der Waals surface area contributed by atoms with Crippen LogP contribution in [0.2, 0.25) is 0 Å². The number of nitrogens with two attached hydrogens (primary N) is 1. The highest BCUT2D eigenvalue weighted by atomic mass is 32.2. The lowest BCUT2D eigenvalue weighted by molar-refractivity contribution is 0.337. The van der Waals surface area contributed by atoms with Crippen molar-refractivity contribution >= 4 is 10.8 Å². The van der Waals surface area contributed by atoms with Crippen LogP contribution in [0.5, 0.6) is 5.75 Å². The van der Waals surface area contributed by atoms with E-state index in [-0.39, 0.29) is 6.04 Å². The van der Waals surface area contributed by atoms with Crippen LogP contribution in [0.25, 0.3) is 0 Å². The van der Waals surface area contributed by atoms with Gasteiger partial charge in [-0.15, -0.1) is 0 Å². The molecule has 2 N–H and O–H groups in total. The van der Waals surface area contributed by atoms with Gasteiger partial charge in [-0.25, -0.2) is 0 Å². The van der Waals surface area contributed by atoms with Crippen LogP contribution in [0, 0.1) is 0 Å². The molecule has 0 bridgehead atoms. The zero-order chi connectivity index (χ0) is 12.8. The normalized spacial score (nSPS) is 14.4. The standard InChI is InChI=1S/C13H21NO2S/c1-4-16-13-7-6-11(10(3)14)8-12(13)9-17(15)5-2/h6-8,10H,4-5,9,14H2,1-3H3. The highest BCUT2D eigenvalue weighted by molar-refractivity contribution is 7.84. The minimum Gasteiger partial charge on any atom is -0.494 e. The van der Waals surface area contributed by atoms with Crippen molar-refractivity contribution in [1.82, 2.24) is 0 Å². The molecule has 96 valence electrons. The molecule has 4 heteroatoms. The van der Waals surface area contributed by atoms with Crippen molar-refractivity contribution in [2.45, 2.75) is 32.6 Å². The van der Waals surface area contributed by atoms with Crippen LogP contribution >= 0.6 is 0 Å². The summed E-state index contributed by atoms with van der Waals surface area (Å²) in [5, 5.41) is 0. The van der Waals surface area contributed by atoms with Gasteiger partial charge < -0.3 is 10.5 Å². The van der Waals surface area contributed by atoms with E-state index in [1.165, 1.54) is 0 Å². The van der Waals surface area contributed by atoms with Gasteiger partial charge in [0, 0.05) is 28.2 Å². The monoisotopic (exact) mass is 255 g/mol. The van der Waals surface area contributed by atoms with Crippen LogP contribution in [0.1, 0.15) is 37.9 Å². The lowest BCUT2D eigenvalue weighted by Crippen LogP contribution is -2.08. The zero-order valence-electron chi connectivity index (χ0n) is 10.7. The Labute approximate surface area is 106 Å². The minimum absolute atomic E-state index is 0.0144. The van der Waals surface area contributed by atoms with Crippen molar-refractivity contribution < 1.29 is 8.95 Å². The second-order valence-electron chi connectivity index (χ2n) is 3.96. The summed E-state index contributed by atoms with van der Waals surface area (Å²) in [6.45, 7) is 6.42. The highest BCUT2D eigenvalue weighted by Crippen LogP contribution is 2.24. The lowest BCUT2D eigenvalue weighted by atomic mass is 10.1. The molecular weight excluding hydrogens is 234 g/mol. The summed E-state index contributed by atoms with van der Waals surface area (Å²) in [6, 6.07) is 5.88. The molecule has 2 unspecified atom stereocenters. The molecule has 1 rings (SSSR count). The Bertz CT molecular complexity index is 391.